The summed E-state index contributed by atoms with van der Waals surface area (Å²) in [6, 6.07) is 1.73. The first-order chi connectivity index (χ1) is 7.65. The van der Waals surface area contributed by atoms with Gasteiger partial charge in [0.1, 0.15) is 12.4 Å². The number of anilines is 1. The SMILES string of the molecule is CCC(CC)CNc1ccn(CC(F)F)n1. The Balaban J connectivity index is 2.39. The zero-order valence-electron chi connectivity index (χ0n) is 9.79. The second-order valence-corrected chi connectivity index (χ2v) is 3.88. The molecule has 0 aromatic carbocycles. The van der Waals surface area contributed by atoms with Gasteiger partial charge in [0, 0.05) is 18.8 Å². The summed E-state index contributed by atoms with van der Waals surface area (Å²) in [5, 5.41) is 7.18. The summed E-state index contributed by atoms with van der Waals surface area (Å²) < 4.78 is 25.4. The predicted molar refractivity (Wildman–Crippen MR) is 60.8 cm³/mol. The van der Waals surface area contributed by atoms with Crippen LogP contribution in [-0.2, 0) is 6.54 Å². The van der Waals surface area contributed by atoms with Crippen LogP contribution in [0.1, 0.15) is 26.7 Å². The van der Waals surface area contributed by atoms with Gasteiger partial charge in [0.2, 0.25) is 0 Å². The van der Waals surface area contributed by atoms with E-state index in [0.717, 1.165) is 19.4 Å². The zero-order valence-corrected chi connectivity index (χ0v) is 9.79. The summed E-state index contributed by atoms with van der Waals surface area (Å²) in [6.07, 6.45) is 1.44. The van der Waals surface area contributed by atoms with E-state index in [-0.39, 0.29) is 6.54 Å². The van der Waals surface area contributed by atoms with E-state index in [1.165, 1.54) is 4.68 Å². The maximum atomic E-state index is 12.1. The standard InChI is InChI=1S/C11H19F2N3/c1-3-9(4-2)7-14-11-5-6-16(15-11)8-10(12)13/h5-6,9-10H,3-4,7-8H2,1-2H3,(H,14,15). The Bertz CT molecular complexity index is 295. The molecule has 0 aliphatic rings. The minimum atomic E-state index is -2.35. The Kier molecular flexibility index (Phi) is 5.22. The Morgan fingerprint density at radius 1 is 1.38 bits per heavy atom. The third-order valence-electron chi connectivity index (χ3n) is 2.69. The zero-order chi connectivity index (χ0) is 12.0. The maximum absolute atomic E-state index is 12.1. The van der Waals surface area contributed by atoms with E-state index in [9.17, 15) is 8.78 Å². The van der Waals surface area contributed by atoms with Gasteiger partial charge in [0.25, 0.3) is 6.43 Å². The van der Waals surface area contributed by atoms with Crippen LogP contribution < -0.4 is 5.32 Å². The van der Waals surface area contributed by atoms with Crippen molar-refractivity contribution in [1.29, 1.82) is 0 Å². The maximum Gasteiger partial charge on any atom is 0.257 e. The van der Waals surface area contributed by atoms with Crippen molar-refractivity contribution in [2.75, 3.05) is 11.9 Å². The van der Waals surface area contributed by atoms with Crippen molar-refractivity contribution in [2.24, 2.45) is 5.92 Å². The summed E-state index contributed by atoms with van der Waals surface area (Å²) in [7, 11) is 0. The first-order valence-corrected chi connectivity index (χ1v) is 5.71. The number of halogens is 2. The highest BCUT2D eigenvalue weighted by atomic mass is 19.3. The molecule has 5 heteroatoms. The van der Waals surface area contributed by atoms with Gasteiger partial charge in [-0.2, -0.15) is 5.10 Å². The van der Waals surface area contributed by atoms with Crippen molar-refractivity contribution < 1.29 is 8.78 Å². The van der Waals surface area contributed by atoms with Crippen LogP contribution in [0.2, 0.25) is 0 Å². The average molecular weight is 231 g/mol. The van der Waals surface area contributed by atoms with Crippen LogP contribution in [0.3, 0.4) is 0 Å². The summed E-state index contributed by atoms with van der Waals surface area (Å²) in [4.78, 5) is 0. The fourth-order valence-electron chi connectivity index (χ4n) is 1.53. The smallest absolute Gasteiger partial charge is 0.257 e. The Morgan fingerprint density at radius 2 is 2.06 bits per heavy atom. The molecule has 0 spiro atoms. The summed E-state index contributed by atoms with van der Waals surface area (Å²) in [5.41, 5.74) is 0. The molecule has 0 saturated heterocycles. The lowest BCUT2D eigenvalue weighted by Crippen LogP contribution is -2.13. The van der Waals surface area contributed by atoms with Gasteiger partial charge in [-0.1, -0.05) is 26.7 Å². The lowest BCUT2D eigenvalue weighted by molar-refractivity contribution is 0.122. The molecule has 0 aliphatic carbocycles. The number of alkyl halides is 2. The van der Waals surface area contributed by atoms with Crippen LogP contribution in [0.5, 0.6) is 0 Å². The van der Waals surface area contributed by atoms with Gasteiger partial charge in [-0.15, -0.1) is 0 Å². The third-order valence-corrected chi connectivity index (χ3v) is 2.69. The second kappa shape index (κ2) is 6.45. The van der Waals surface area contributed by atoms with Crippen LogP contribution in [-0.4, -0.2) is 22.8 Å². The van der Waals surface area contributed by atoms with Crippen molar-refractivity contribution in [3.05, 3.63) is 12.3 Å². The van der Waals surface area contributed by atoms with Crippen molar-refractivity contribution in [1.82, 2.24) is 9.78 Å². The fraction of sp³-hybridized carbons (Fsp3) is 0.727. The Labute approximate surface area is 94.8 Å². The van der Waals surface area contributed by atoms with Gasteiger partial charge in [0.15, 0.2) is 0 Å². The predicted octanol–water partition coefficient (Wildman–Crippen LogP) is 3.00. The number of aromatic nitrogens is 2. The summed E-state index contributed by atoms with van der Waals surface area (Å²) in [5.74, 6) is 1.28. The highest BCUT2D eigenvalue weighted by Crippen LogP contribution is 2.10. The van der Waals surface area contributed by atoms with E-state index in [2.05, 4.69) is 24.3 Å². The average Bonchev–Trinajstić information content (AvgIpc) is 2.66. The van der Waals surface area contributed by atoms with Crippen molar-refractivity contribution in [3.8, 4) is 0 Å². The molecule has 3 nitrogen and oxygen atoms in total. The van der Waals surface area contributed by atoms with Gasteiger partial charge in [-0.3, -0.25) is 4.68 Å². The van der Waals surface area contributed by atoms with Gasteiger partial charge in [-0.25, -0.2) is 8.78 Å². The molecule has 1 aromatic rings. The van der Waals surface area contributed by atoms with Crippen molar-refractivity contribution in [2.45, 2.75) is 39.7 Å². The molecular weight excluding hydrogens is 212 g/mol. The normalized spacial score (nSPS) is 11.4. The minimum Gasteiger partial charge on any atom is -0.368 e. The molecule has 0 amide bonds. The van der Waals surface area contributed by atoms with E-state index in [1.54, 1.807) is 12.3 Å². The number of rotatable bonds is 7. The molecule has 0 atom stereocenters. The van der Waals surface area contributed by atoms with Crippen LogP contribution in [0, 0.1) is 5.92 Å². The van der Waals surface area contributed by atoms with Crippen LogP contribution in [0.25, 0.3) is 0 Å². The highest BCUT2D eigenvalue weighted by Gasteiger charge is 2.07. The number of nitrogens with zero attached hydrogens (tertiary/aromatic N) is 2. The number of hydrogen-bond donors (Lipinski definition) is 1. The first kappa shape index (κ1) is 12.9. The first-order valence-electron chi connectivity index (χ1n) is 5.71. The van der Waals surface area contributed by atoms with E-state index >= 15 is 0 Å². The van der Waals surface area contributed by atoms with Crippen LogP contribution >= 0.6 is 0 Å². The van der Waals surface area contributed by atoms with Gasteiger partial charge in [0.05, 0.1) is 0 Å². The molecule has 16 heavy (non-hydrogen) atoms. The molecule has 1 N–H and O–H groups in total. The largest absolute Gasteiger partial charge is 0.368 e. The molecule has 1 aromatic heterocycles. The molecule has 0 unspecified atom stereocenters. The van der Waals surface area contributed by atoms with Gasteiger partial charge >= 0.3 is 0 Å². The molecule has 1 rings (SSSR count). The molecule has 0 aliphatic heterocycles. The van der Waals surface area contributed by atoms with E-state index in [0.29, 0.717) is 11.7 Å². The highest BCUT2D eigenvalue weighted by molar-refractivity contribution is 5.32. The lowest BCUT2D eigenvalue weighted by atomic mass is 10.0. The molecule has 1 heterocycles. The van der Waals surface area contributed by atoms with Crippen LogP contribution in [0.15, 0.2) is 12.3 Å². The quantitative estimate of drug-likeness (QED) is 0.781. The van der Waals surface area contributed by atoms with Gasteiger partial charge < -0.3 is 5.32 Å². The minimum absolute atomic E-state index is 0.341. The third kappa shape index (κ3) is 4.16. The number of nitrogens with one attached hydrogen (secondary N) is 1. The molecular formula is C11H19F2N3. The Morgan fingerprint density at radius 3 is 2.62 bits per heavy atom. The van der Waals surface area contributed by atoms with E-state index in [4.69, 9.17) is 0 Å². The molecule has 0 bridgehead atoms. The van der Waals surface area contributed by atoms with E-state index < -0.39 is 6.43 Å². The van der Waals surface area contributed by atoms with Crippen molar-refractivity contribution in [3.63, 3.8) is 0 Å². The molecule has 0 fully saturated rings. The monoisotopic (exact) mass is 231 g/mol. The molecule has 92 valence electrons. The lowest BCUT2D eigenvalue weighted by Gasteiger charge is -2.12. The fourth-order valence-corrected chi connectivity index (χ4v) is 1.53. The number of hydrogen-bond acceptors (Lipinski definition) is 2. The molecule has 0 radical (unpaired) electrons. The Hall–Kier alpha value is -1.13. The van der Waals surface area contributed by atoms with E-state index in [1.807, 2.05) is 0 Å². The second-order valence-electron chi connectivity index (χ2n) is 3.88. The summed E-state index contributed by atoms with van der Waals surface area (Å²) >= 11 is 0. The van der Waals surface area contributed by atoms with Crippen LogP contribution in [0.4, 0.5) is 14.6 Å². The molecule has 0 saturated carbocycles. The van der Waals surface area contributed by atoms with Crippen molar-refractivity contribution >= 4 is 5.82 Å². The topological polar surface area (TPSA) is 29.9 Å². The van der Waals surface area contributed by atoms with Gasteiger partial charge in [-0.05, 0) is 5.92 Å². The summed E-state index contributed by atoms with van der Waals surface area (Å²) in [6.45, 7) is 4.79.